The van der Waals surface area contributed by atoms with Crippen LogP contribution in [0.4, 0.5) is 0 Å². The van der Waals surface area contributed by atoms with E-state index in [1.165, 1.54) is 19.9 Å². The van der Waals surface area contributed by atoms with Crippen molar-refractivity contribution in [2.45, 2.75) is 39.9 Å². The summed E-state index contributed by atoms with van der Waals surface area (Å²) in [5, 5.41) is 0. The van der Waals surface area contributed by atoms with Crippen LogP contribution in [0, 0.1) is 13.8 Å². The molecule has 146 valence electrons. The molecule has 0 aliphatic carbocycles. The average molecular weight is 402 g/mol. The van der Waals surface area contributed by atoms with Crippen molar-refractivity contribution in [1.29, 1.82) is 0 Å². The van der Waals surface area contributed by atoms with Crippen molar-refractivity contribution < 1.29 is 17.9 Å². The number of rotatable bonds is 3. The van der Waals surface area contributed by atoms with Gasteiger partial charge in [-0.2, -0.15) is 17.0 Å². The molecule has 7 nitrogen and oxygen atoms in total. The third kappa shape index (κ3) is 3.96. The Bertz CT molecular complexity index is 739. The van der Waals surface area contributed by atoms with Gasteiger partial charge >= 0.3 is 0 Å². The molecule has 0 bridgehead atoms. The van der Waals surface area contributed by atoms with Gasteiger partial charge in [-0.15, -0.1) is 11.3 Å². The summed E-state index contributed by atoms with van der Waals surface area (Å²) in [6, 6.07) is 1.92. The summed E-state index contributed by atoms with van der Waals surface area (Å²) in [6.07, 6.45) is -0.219. The van der Waals surface area contributed by atoms with Crippen molar-refractivity contribution in [2.24, 2.45) is 0 Å². The van der Waals surface area contributed by atoms with E-state index < -0.39 is 10.2 Å². The van der Waals surface area contributed by atoms with E-state index >= 15 is 0 Å². The molecule has 1 aromatic heterocycles. The van der Waals surface area contributed by atoms with Gasteiger partial charge in [0.1, 0.15) is 0 Å². The molecule has 0 unspecified atom stereocenters. The van der Waals surface area contributed by atoms with Crippen LogP contribution in [-0.2, 0) is 14.9 Å². The van der Waals surface area contributed by atoms with Gasteiger partial charge < -0.3 is 9.64 Å². The first kappa shape index (κ1) is 19.8. The molecule has 26 heavy (non-hydrogen) atoms. The number of nitrogens with zero attached hydrogens (tertiary/aromatic N) is 3. The molecule has 1 aromatic rings. The fourth-order valence-corrected chi connectivity index (χ4v) is 6.19. The van der Waals surface area contributed by atoms with E-state index in [0.717, 1.165) is 15.3 Å². The predicted octanol–water partition coefficient (Wildman–Crippen LogP) is 1.48. The van der Waals surface area contributed by atoms with Crippen LogP contribution in [-0.4, -0.2) is 79.3 Å². The molecule has 9 heteroatoms. The minimum atomic E-state index is -3.52. The van der Waals surface area contributed by atoms with Crippen LogP contribution < -0.4 is 0 Å². The van der Waals surface area contributed by atoms with Crippen molar-refractivity contribution in [3.8, 4) is 0 Å². The number of aryl methyl sites for hydroxylation is 2. The SMILES string of the molecule is Cc1cc(C(=O)N2CCN(S(=O)(=O)N3C[C@@H](C)O[C@H](C)C3)CC2)sc1C. The maximum atomic E-state index is 12.9. The van der Waals surface area contributed by atoms with Gasteiger partial charge in [0.05, 0.1) is 17.1 Å². The first-order valence-electron chi connectivity index (χ1n) is 8.95. The Morgan fingerprint density at radius 3 is 2.15 bits per heavy atom. The summed E-state index contributed by atoms with van der Waals surface area (Å²) in [6.45, 7) is 10.0. The van der Waals surface area contributed by atoms with E-state index in [2.05, 4.69) is 0 Å². The Balaban J connectivity index is 1.63. The third-order valence-electron chi connectivity index (χ3n) is 4.94. The zero-order valence-corrected chi connectivity index (χ0v) is 17.4. The number of morpholine rings is 1. The molecule has 1 amide bonds. The first-order valence-corrected chi connectivity index (χ1v) is 11.2. The van der Waals surface area contributed by atoms with Crippen LogP contribution in [0.2, 0.25) is 0 Å². The third-order valence-corrected chi connectivity index (χ3v) is 8.05. The highest BCUT2D eigenvalue weighted by atomic mass is 32.2. The predicted molar refractivity (Wildman–Crippen MR) is 102 cm³/mol. The van der Waals surface area contributed by atoms with E-state index in [4.69, 9.17) is 4.74 Å². The average Bonchev–Trinajstić information content (AvgIpc) is 2.92. The molecule has 3 heterocycles. The molecule has 2 saturated heterocycles. The van der Waals surface area contributed by atoms with Crippen molar-refractivity contribution in [1.82, 2.24) is 13.5 Å². The van der Waals surface area contributed by atoms with Crippen LogP contribution in [0.3, 0.4) is 0 Å². The van der Waals surface area contributed by atoms with Gasteiger partial charge in [0.25, 0.3) is 16.1 Å². The van der Waals surface area contributed by atoms with E-state index in [1.807, 2.05) is 33.8 Å². The molecule has 2 aliphatic heterocycles. The van der Waals surface area contributed by atoms with Crippen molar-refractivity contribution in [2.75, 3.05) is 39.3 Å². The second kappa shape index (κ2) is 7.55. The standard InChI is InChI=1S/C17H27N3O4S2/c1-12-9-16(25-15(12)4)17(21)18-5-7-19(8-6-18)26(22,23)20-10-13(2)24-14(3)11-20/h9,13-14H,5-8,10-11H2,1-4H3/t13-,14-/m1/s1. The second-order valence-corrected chi connectivity index (χ2v) is 10.3. The molecule has 0 spiro atoms. The van der Waals surface area contributed by atoms with Gasteiger partial charge in [-0.1, -0.05) is 0 Å². The largest absolute Gasteiger partial charge is 0.373 e. The molecule has 3 rings (SSSR count). The normalized spacial score (nSPS) is 26.2. The monoisotopic (exact) mass is 401 g/mol. The van der Waals surface area contributed by atoms with Crippen molar-refractivity contribution in [3.05, 3.63) is 21.4 Å². The Kier molecular flexibility index (Phi) is 5.74. The zero-order chi connectivity index (χ0) is 19.1. The molecule has 2 atom stereocenters. The lowest BCUT2D eigenvalue weighted by molar-refractivity contribution is -0.0457. The maximum absolute atomic E-state index is 12.9. The molecule has 0 saturated carbocycles. The lowest BCUT2D eigenvalue weighted by Gasteiger charge is -2.40. The smallest absolute Gasteiger partial charge is 0.282 e. The quantitative estimate of drug-likeness (QED) is 0.769. The highest BCUT2D eigenvalue weighted by Gasteiger charge is 2.37. The van der Waals surface area contributed by atoms with E-state index in [1.54, 1.807) is 4.90 Å². The van der Waals surface area contributed by atoms with Gasteiger partial charge in [-0.3, -0.25) is 4.79 Å². The van der Waals surface area contributed by atoms with Gasteiger partial charge in [0.2, 0.25) is 0 Å². The number of amides is 1. The number of thiophene rings is 1. The molecule has 2 fully saturated rings. The fourth-order valence-electron chi connectivity index (χ4n) is 3.44. The van der Waals surface area contributed by atoms with E-state index in [-0.39, 0.29) is 18.1 Å². The van der Waals surface area contributed by atoms with Crippen molar-refractivity contribution in [3.63, 3.8) is 0 Å². The van der Waals surface area contributed by atoms with Gasteiger partial charge in [0, 0.05) is 44.1 Å². The van der Waals surface area contributed by atoms with Crippen LogP contribution in [0.5, 0.6) is 0 Å². The fraction of sp³-hybridized carbons (Fsp3) is 0.706. The Labute approximate surface area is 159 Å². The minimum Gasteiger partial charge on any atom is -0.373 e. The van der Waals surface area contributed by atoms with E-state index in [9.17, 15) is 13.2 Å². The van der Waals surface area contributed by atoms with Gasteiger partial charge in [-0.25, -0.2) is 0 Å². The van der Waals surface area contributed by atoms with Crippen LogP contribution in [0.25, 0.3) is 0 Å². The number of carbonyl (C=O) groups excluding carboxylic acids is 1. The lowest BCUT2D eigenvalue weighted by Crippen LogP contribution is -2.57. The minimum absolute atomic E-state index is 0.00290. The molecule has 0 N–H and O–H groups in total. The molecule has 0 radical (unpaired) electrons. The van der Waals surface area contributed by atoms with Gasteiger partial charge in [0.15, 0.2) is 0 Å². The summed E-state index contributed by atoms with van der Waals surface area (Å²) in [5.41, 5.74) is 1.12. The Hall–Kier alpha value is -1.00. The Morgan fingerprint density at radius 1 is 1.08 bits per heavy atom. The van der Waals surface area contributed by atoms with Crippen LogP contribution >= 0.6 is 11.3 Å². The highest BCUT2D eigenvalue weighted by molar-refractivity contribution is 7.86. The van der Waals surface area contributed by atoms with Crippen molar-refractivity contribution >= 4 is 27.5 Å². The summed E-state index contributed by atoms with van der Waals surface area (Å²) < 4.78 is 34.5. The highest BCUT2D eigenvalue weighted by Crippen LogP contribution is 2.24. The molecular weight excluding hydrogens is 374 g/mol. The maximum Gasteiger partial charge on any atom is 0.282 e. The zero-order valence-electron chi connectivity index (χ0n) is 15.8. The van der Waals surface area contributed by atoms with Crippen LogP contribution in [0.1, 0.15) is 34.0 Å². The number of hydrogen-bond donors (Lipinski definition) is 0. The number of hydrogen-bond acceptors (Lipinski definition) is 5. The molecular formula is C17H27N3O4S2. The lowest BCUT2D eigenvalue weighted by atomic mass is 10.2. The first-order chi connectivity index (χ1) is 12.2. The number of ether oxygens (including phenoxy) is 1. The molecule has 0 aromatic carbocycles. The summed E-state index contributed by atoms with van der Waals surface area (Å²) in [4.78, 5) is 16.3. The number of carbonyl (C=O) groups is 1. The summed E-state index contributed by atoms with van der Waals surface area (Å²) >= 11 is 1.50. The topological polar surface area (TPSA) is 70.2 Å². The molecule has 2 aliphatic rings. The van der Waals surface area contributed by atoms with E-state index in [0.29, 0.717) is 39.3 Å². The van der Waals surface area contributed by atoms with Gasteiger partial charge in [-0.05, 0) is 39.3 Å². The number of piperazine rings is 1. The Morgan fingerprint density at radius 2 is 1.65 bits per heavy atom. The van der Waals surface area contributed by atoms with Crippen LogP contribution in [0.15, 0.2) is 6.07 Å². The second-order valence-electron chi connectivity index (χ2n) is 7.12. The summed E-state index contributed by atoms with van der Waals surface area (Å²) in [7, 11) is -3.52. The summed E-state index contributed by atoms with van der Waals surface area (Å²) in [5.74, 6) is -0.00290.